The van der Waals surface area contributed by atoms with Gasteiger partial charge in [-0.25, -0.2) is 0 Å². The Morgan fingerprint density at radius 3 is 1.30 bits per heavy atom. The van der Waals surface area contributed by atoms with E-state index in [0.717, 1.165) is 11.3 Å². The van der Waals surface area contributed by atoms with Crippen LogP contribution in [0, 0.1) is 33.3 Å². The number of hydrogen-bond donors (Lipinski definition) is 0. The number of nitrogens with zero attached hydrogens (tertiary/aromatic N) is 1. The van der Waals surface area contributed by atoms with E-state index in [4.69, 9.17) is 23.3 Å². The maximum absolute atomic E-state index is 7.50. The normalized spacial score (nSPS) is 18.2. The zero-order valence-corrected chi connectivity index (χ0v) is 17.0. The molecule has 1 fully saturated rings. The van der Waals surface area contributed by atoms with Crippen LogP contribution >= 0.6 is 8.07 Å². The summed E-state index contributed by atoms with van der Waals surface area (Å²) in [4.78, 5) is 0. The molecule has 0 N–H and O–H groups in total. The second-order valence-electron chi connectivity index (χ2n) is 4.46. The molecule has 2 atom stereocenters. The van der Waals surface area contributed by atoms with Crippen LogP contribution in [-0.2, 0) is 40.6 Å². The van der Waals surface area contributed by atoms with Crippen molar-refractivity contribution in [1.29, 1.82) is 0 Å². The van der Waals surface area contributed by atoms with Gasteiger partial charge in [-0.05, 0) is 31.6 Å². The van der Waals surface area contributed by atoms with Gasteiger partial charge in [0.15, 0.2) is 0 Å². The van der Waals surface area contributed by atoms with Crippen molar-refractivity contribution in [2.45, 2.75) is 25.2 Å². The molecule has 1 aromatic rings. The molecule has 2 unspecified atom stereocenters. The maximum atomic E-state index is 7.50. The third kappa shape index (κ3) is 9.90. The minimum atomic E-state index is 0. The van der Waals surface area contributed by atoms with Crippen molar-refractivity contribution in [2.24, 2.45) is 0 Å². The monoisotopic (exact) mass is 423 g/mol. The fraction of sp³-hybridized carbons (Fsp3) is 0.316. The average molecular weight is 423 g/mol. The third-order valence-electron chi connectivity index (χ3n) is 3.62. The minimum absolute atomic E-state index is 0. The second-order valence-corrected chi connectivity index (χ2v) is 6.98. The predicted molar refractivity (Wildman–Crippen MR) is 91.7 cm³/mol. The van der Waals surface area contributed by atoms with Gasteiger partial charge in [-0.15, -0.1) is 0 Å². The molecule has 0 bridgehead atoms. The van der Waals surface area contributed by atoms with Gasteiger partial charge < -0.3 is 0 Å². The summed E-state index contributed by atoms with van der Waals surface area (Å²) in [6.45, 7) is 29.5. The topological polar surface area (TPSA) is 103 Å². The van der Waals surface area contributed by atoms with E-state index < -0.39 is 0 Å². The Morgan fingerprint density at radius 1 is 0.741 bits per heavy atom. The first-order valence-electron chi connectivity index (χ1n) is 7.19. The fourth-order valence-corrected chi connectivity index (χ4v) is 5.61. The van der Waals surface area contributed by atoms with E-state index >= 15 is 0 Å². The molecule has 8 heteroatoms. The summed E-state index contributed by atoms with van der Waals surface area (Å²) >= 11 is 0. The predicted octanol–water partition coefficient (Wildman–Crippen LogP) is 1.56. The molecule has 0 radical (unpaired) electrons. The smallest absolute Gasteiger partial charge is 0 e. The first-order valence-corrected chi connectivity index (χ1v) is 8.62. The first kappa shape index (κ1) is 33.2. The number of fused-ring (bicyclic) bond motifs is 2. The van der Waals surface area contributed by atoms with E-state index in [-0.39, 0.29) is 25.4 Å². The molecule has 1 aliphatic heterocycles. The Balaban J connectivity index is -0.000000211. The van der Waals surface area contributed by atoms with Crippen molar-refractivity contribution in [2.75, 3.05) is 13.1 Å². The molecule has 2 aliphatic rings. The van der Waals surface area contributed by atoms with E-state index in [1.54, 1.807) is 0 Å². The van der Waals surface area contributed by atoms with Gasteiger partial charge >= 0.3 is 56.5 Å². The standard InChI is InChI=1S/C14H18NP.5CO.Cr/c1-3-15(4-2)16-13-9-11-7-5-6-8-12(11)10-14(13)16;5*1-2;/h5-10,13-14H,3-4H2,1-2H3;;;;;;. The summed E-state index contributed by atoms with van der Waals surface area (Å²) in [6.07, 6.45) is 5.01. The molecule has 1 aromatic carbocycles. The van der Waals surface area contributed by atoms with E-state index in [1.807, 2.05) is 0 Å². The molecule has 27 heavy (non-hydrogen) atoms. The Hall–Kier alpha value is -1.42. The molecule has 0 spiro atoms. The van der Waals surface area contributed by atoms with Crippen LogP contribution in [0.4, 0.5) is 0 Å². The van der Waals surface area contributed by atoms with Crippen molar-refractivity contribution in [3.63, 3.8) is 0 Å². The summed E-state index contributed by atoms with van der Waals surface area (Å²) in [5.74, 6) is 0. The van der Waals surface area contributed by atoms with Crippen molar-refractivity contribution < 1.29 is 40.6 Å². The maximum Gasteiger partial charge on any atom is 0 e. The molecule has 140 valence electrons. The zero-order valence-electron chi connectivity index (χ0n) is 14.9. The van der Waals surface area contributed by atoms with Crippen molar-refractivity contribution >= 4 is 20.2 Å². The van der Waals surface area contributed by atoms with Crippen LogP contribution in [0.15, 0.2) is 24.3 Å². The summed E-state index contributed by atoms with van der Waals surface area (Å²) in [5.41, 5.74) is 1.68. The van der Waals surface area contributed by atoms with Crippen molar-refractivity contribution in [3.8, 4) is 0 Å². The minimum Gasteiger partial charge on any atom is 0 e. The second kappa shape index (κ2) is 22.6. The summed E-state index contributed by atoms with van der Waals surface area (Å²) in [7, 11) is 0.0972. The molecule has 1 aliphatic carbocycles. The quantitative estimate of drug-likeness (QED) is 0.411. The van der Waals surface area contributed by atoms with Gasteiger partial charge in [-0.2, -0.15) is 0 Å². The molecule has 0 saturated carbocycles. The Morgan fingerprint density at radius 2 is 1.04 bits per heavy atom. The number of benzene rings is 1. The van der Waals surface area contributed by atoms with Crippen LogP contribution in [0.1, 0.15) is 13.8 Å². The molecule has 3 rings (SSSR count). The fourth-order valence-electron chi connectivity index (χ4n) is 2.72. The van der Waals surface area contributed by atoms with Crippen LogP contribution in [0.2, 0.25) is 0 Å². The van der Waals surface area contributed by atoms with E-state index in [1.165, 1.54) is 23.5 Å². The molecule has 6 nitrogen and oxygen atoms in total. The molecule has 1 heterocycles. The molecule has 0 aromatic heterocycles. The summed E-state index contributed by atoms with van der Waals surface area (Å²) in [5, 5.41) is 2.89. The first-order chi connectivity index (χ1) is 12.8. The van der Waals surface area contributed by atoms with E-state index in [0.29, 0.717) is 0 Å². The van der Waals surface area contributed by atoms with Crippen LogP contribution in [-0.4, -0.2) is 29.1 Å². The largest absolute Gasteiger partial charge is 0 e. The van der Waals surface area contributed by atoms with Gasteiger partial charge in [0.1, 0.15) is 0 Å². The Bertz CT molecular complexity index is 646. The summed E-state index contributed by atoms with van der Waals surface area (Å²) in [6, 6.07) is 8.78. The van der Waals surface area contributed by atoms with E-state index in [9.17, 15) is 0 Å². The van der Waals surface area contributed by atoms with Gasteiger partial charge in [-0.3, -0.25) is 4.67 Å². The average Bonchev–Trinajstić information content (AvgIpc) is 3.47. The van der Waals surface area contributed by atoms with Crippen LogP contribution < -0.4 is 10.4 Å². The molecule has 1 saturated heterocycles. The van der Waals surface area contributed by atoms with Crippen LogP contribution in [0.3, 0.4) is 0 Å². The van der Waals surface area contributed by atoms with Gasteiger partial charge in [-0.1, -0.05) is 50.3 Å². The van der Waals surface area contributed by atoms with Crippen molar-refractivity contribution in [1.82, 2.24) is 4.67 Å². The van der Waals surface area contributed by atoms with Gasteiger partial charge in [0.05, 0.1) is 0 Å². The SMILES string of the molecule is CCN(CC)P1C2C=c3ccccc3=CC21.[C-]#[O+].[C-]#[O+].[C-]#[O+].[C-]#[O+].[C-]#[O+].[Cr]. The third-order valence-corrected chi connectivity index (χ3v) is 6.66. The molecular formula is C19H18CrNO5P. The number of hydrogen-bond acceptors (Lipinski definition) is 1. The Kier molecular flexibility index (Phi) is 27.8. The van der Waals surface area contributed by atoms with Gasteiger partial charge in [0.2, 0.25) is 0 Å². The van der Waals surface area contributed by atoms with Crippen LogP contribution in [0.25, 0.3) is 12.2 Å². The van der Waals surface area contributed by atoms with Crippen molar-refractivity contribution in [3.05, 3.63) is 68.0 Å². The summed E-state index contributed by atoms with van der Waals surface area (Å²) < 4.78 is 40.2. The Labute approximate surface area is 171 Å². The van der Waals surface area contributed by atoms with Gasteiger partial charge in [0.25, 0.3) is 0 Å². The van der Waals surface area contributed by atoms with E-state index in [2.05, 4.69) is 88.2 Å². The van der Waals surface area contributed by atoms with Crippen LogP contribution in [0.5, 0.6) is 0 Å². The zero-order chi connectivity index (χ0) is 21.1. The van der Waals surface area contributed by atoms with Gasteiger partial charge in [0, 0.05) is 28.7 Å². The molecular weight excluding hydrogens is 405 g/mol. The number of rotatable bonds is 3. The molecule has 0 amide bonds.